The number of hydrogen-bond donors (Lipinski definition) is 1. The van der Waals surface area contributed by atoms with Crippen LogP contribution in [-0.4, -0.2) is 12.5 Å². The van der Waals surface area contributed by atoms with Crippen LogP contribution in [0.4, 0.5) is 0 Å². The van der Waals surface area contributed by atoms with Gasteiger partial charge in [0.05, 0.1) is 0 Å². The molecule has 0 aliphatic rings. The lowest BCUT2D eigenvalue weighted by atomic mass is 10.1. The predicted octanol–water partition coefficient (Wildman–Crippen LogP) is 3.46. The van der Waals surface area contributed by atoms with E-state index < -0.39 is 0 Å². The lowest BCUT2D eigenvalue weighted by molar-refractivity contribution is -0.116. The molecular formula is C18H25NO. The van der Waals surface area contributed by atoms with E-state index in [0.29, 0.717) is 12.3 Å². The molecule has 0 aromatic carbocycles. The van der Waals surface area contributed by atoms with Crippen molar-refractivity contribution in [3.8, 4) is 24.2 Å². The summed E-state index contributed by atoms with van der Waals surface area (Å²) < 4.78 is 0. The summed E-state index contributed by atoms with van der Waals surface area (Å²) in [6.45, 7) is 5.00. The second-order valence-corrected chi connectivity index (χ2v) is 4.71. The van der Waals surface area contributed by atoms with Gasteiger partial charge in [-0.15, -0.1) is 6.42 Å². The van der Waals surface area contributed by atoms with E-state index in [1.807, 2.05) is 12.2 Å². The molecule has 20 heavy (non-hydrogen) atoms. The highest BCUT2D eigenvalue weighted by Gasteiger charge is 1.99. The fraction of sp³-hybridized carbons (Fsp3) is 0.500. The highest BCUT2D eigenvalue weighted by Crippen LogP contribution is 1.99. The molecule has 1 N–H and O–H groups in total. The van der Waals surface area contributed by atoms with Crippen molar-refractivity contribution in [2.75, 3.05) is 6.54 Å². The zero-order chi connectivity index (χ0) is 15.1. The van der Waals surface area contributed by atoms with Crippen LogP contribution in [0.2, 0.25) is 0 Å². The monoisotopic (exact) mass is 271 g/mol. The molecular weight excluding hydrogens is 246 g/mol. The number of hydrogen-bond acceptors (Lipinski definition) is 1. The van der Waals surface area contributed by atoms with Gasteiger partial charge in [0.25, 0.3) is 0 Å². The largest absolute Gasteiger partial charge is 0.352 e. The van der Waals surface area contributed by atoms with Gasteiger partial charge in [-0.1, -0.05) is 44.4 Å². The van der Waals surface area contributed by atoms with Gasteiger partial charge in [0.15, 0.2) is 0 Å². The number of rotatable bonds is 9. The number of terminal acetylenes is 1. The van der Waals surface area contributed by atoms with Crippen molar-refractivity contribution in [3.05, 3.63) is 24.3 Å². The second-order valence-electron chi connectivity index (χ2n) is 4.71. The number of allylic oxidation sites excluding steroid dienone is 3. The molecule has 2 nitrogen and oxygen atoms in total. The van der Waals surface area contributed by atoms with Gasteiger partial charge in [-0.25, -0.2) is 0 Å². The molecule has 108 valence electrons. The fourth-order valence-corrected chi connectivity index (χ4v) is 1.38. The van der Waals surface area contributed by atoms with Crippen molar-refractivity contribution in [1.82, 2.24) is 5.32 Å². The number of nitrogens with one attached hydrogen (secondary N) is 1. The van der Waals surface area contributed by atoms with Gasteiger partial charge < -0.3 is 5.32 Å². The first kappa shape index (κ1) is 18.1. The van der Waals surface area contributed by atoms with Crippen LogP contribution in [-0.2, 0) is 4.79 Å². The molecule has 1 unspecified atom stereocenters. The molecule has 0 aliphatic heterocycles. The molecule has 0 radical (unpaired) electrons. The van der Waals surface area contributed by atoms with E-state index in [4.69, 9.17) is 6.42 Å². The van der Waals surface area contributed by atoms with Gasteiger partial charge in [-0.3, -0.25) is 4.79 Å². The maximum absolute atomic E-state index is 11.5. The Morgan fingerprint density at radius 2 is 2.05 bits per heavy atom. The van der Waals surface area contributed by atoms with Crippen molar-refractivity contribution in [2.24, 2.45) is 5.92 Å². The minimum Gasteiger partial charge on any atom is -0.352 e. The van der Waals surface area contributed by atoms with Gasteiger partial charge in [0, 0.05) is 13.0 Å². The van der Waals surface area contributed by atoms with Gasteiger partial charge >= 0.3 is 0 Å². The molecule has 0 spiro atoms. The van der Waals surface area contributed by atoms with Crippen molar-refractivity contribution < 1.29 is 4.79 Å². The summed E-state index contributed by atoms with van der Waals surface area (Å²) in [5.41, 5.74) is 0. The molecule has 0 aliphatic carbocycles. The van der Waals surface area contributed by atoms with E-state index in [0.717, 1.165) is 32.2 Å². The average molecular weight is 271 g/mol. The Kier molecular flexibility index (Phi) is 12.2. The Balaban J connectivity index is 3.57. The van der Waals surface area contributed by atoms with Gasteiger partial charge in [0.2, 0.25) is 5.91 Å². The summed E-state index contributed by atoms with van der Waals surface area (Å²) in [6, 6.07) is 0. The summed E-state index contributed by atoms with van der Waals surface area (Å²) in [4.78, 5) is 11.5. The number of amides is 1. The SMILES string of the molecule is C#CC#CCC=CCCCC=CC(=O)NCC(C)CC. The van der Waals surface area contributed by atoms with E-state index in [2.05, 4.69) is 43.0 Å². The van der Waals surface area contributed by atoms with Gasteiger partial charge in [-0.05, 0) is 43.1 Å². The maximum Gasteiger partial charge on any atom is 0.243 e. The molecule has 0 heterocycles. The molecule has 1 amide bonds. The van der Waals surface area contributed by atoms with Crippen molar-refractivity contribution in [2.45, 2.75) is 46.0 Å². The summed E-state index contributed by atoms with van der Waals surface area (Å²) in [6.07, 6.45) is 17.4. The highest BCUT2D eigenvalue weighted by molar-refractivity contribution is 5.87. The summed E-state index contributed by atoms with van der Waals surface area (Å²) in [5, 5.41) is 2.89. The average Bonchev–Trinajstić information content (AvgIpc) is 2.46. The zero-order valence-corrected chi connectivity index (χ0v) is 12.6. The Morgan fingerprint density at radius 3 is 2.75 bits per heavy atom. The van der Waals surface area contributed by atoms with Crippen molar-refractivity contribution >= 4 is 5.91 Å². The van der Waals surface area contributed by atoms with Crippen LogP contribution in [0, 0.1) is 30.1 Å². The number of carbonyl (C=O) groups is 1. The minimum absolute atomic E-state index is 0.00500. The Morgan fingerprint density at radius 1 is 1.30 bits per heavy atom. The normalized spacial score (nSPS) is 11.8. The fourth-order valence-electron chi connectivity index (χ4n) is 1.38. The lowest BCUT2D eigenvalue weighted by Crippen LogP contribution is -2.26. The molecule has 0 fully saturated rings. The molecule has 0 aromatic rings. The van der Waals surface area contributed by atoms with Crippen LogP contribution in [0.5, 0.6) is 0 Å². The summed E-state index contributed by atoms with van der Waals surface area (Å²) in [7, 11) is 0. The van der Waals surface area contributed by atoms with Gasteiger partial charge in [-0.2, -0.15) is 0 Å². The van der Waals surface area contributed by atoms with Crippen molar-refractivity contribution in [3.63, 3.8) is 0 Å². The quantitative estimate of drug-likeness (QED) is 0.296. The first-order valence-corrected chi connectivity index (χ1v) is 7.23. The molecule has 0 rings (SSSR count). The molecule has 0 saturated carbocycles. The number of carbonyl (C=O) groups excluding carboxylic acids is 1. The molecule has 0 aromatic heterocycles. The van der Waals surface area contributed by atoms with Crippen LogP contribution in [0.25, 0.3) is 0 Å². The topological polar surface area (TPSA) is 29.1 Å². The minimum atomic E-state index is 0.00500. The standard InChI is InChI=1S/C18H25NO/c1-4-6-7-8-9-10-11-12-13-14-15-18(20)19-16-17(3)5-2/h1,9-10,14-15,17H,5,8,11-13,16H2,2-3H3,(H,19,20). The smallest absolute Gasteiger partial charge is 0.243 e. The first-order chi connectivity index (χ1) is 9.70. The van der Waals surface area contributed by atoms with Crippen LogP contribution in [0.1, 0.15) is 46.0 Å². The van der Waals surface area contributed by atoms with E-state index in [9.17, 15) is 4.79 Å². The van der Waals surface area contributed by atoms with E-state index in [1.165, 1.54) is 0 Å². The van der Waals surface area contributed by atoms with Crippen LogP contribution < -0.4 is 5.32 Å². The molecule has 0 saturated heterocycles. The maximum atomic E-state index is 11.5. The predicted molar refractivity (Wildman–Crippen MR) is 85.8 cm³/mol. The first-order valence-electron chi connectivity index (χ1n) is 7.23. The van der Waals surface area contributed by atoms with E-state index >= 15 is 0 Å². The lowest BCUT2D eigenvalue weighted by Gasteiger charge is -2.07. The third-order valence-electron chi connectivity index (χ3n) is 2.88. The van der Waals surface area contributed by atoms with Crippen LogP contribution in [0.15, 0.2) is 24.3 Å². The van der Waals surface area contributed by atoms with E-state index in [-0.39, 0.29) is 5.91 Å². The number of unbranched alkanes of at least 4 members (excludes halogenated alkanes) is 2. The second kappa shape index (κ2) is 13.5. The van der Waals surface area contributed by atoms with Gasteiger partial charge in [0.1, 0.15) is 0 Å². The summed E-state index contributed by atoms with van der Waals surface area (Å²) in [5.74, 6) is 8.22. The van der Waals surface area contributed by atoms with Crippen LogP contribution in [0.3, 0.4) is 0 Å². The summed E-state index contributed by atoms with van der Waals surface area (Å²) >= 11 is 0. The Bertz CT molecular complexity index is 415. The highest BCUT2D eigenvalue weighted by atomic mass is 16.1. The van der Waals surface area contributed by atoms with Crippen molar-refractivity contribution in [1.29, 1.82) is 0 Å². The van der Waals surface area contributed by atoms with Crippen LogP contribution >= 0.6 is 0 Å². The Hall–Kier alpha value is -1.93. The third-order valence-corrected chi connectivity index (χ3v) is 2.88. The van der Waals surface area contributed by atoms with E-state index in [1.54, 1.807) is 6.08 Å². The molecule has 2 heteroatoms. The molecule has 0 bridgehead atoms. The third kappa shape index (κ3) is 12.5. The zero-order valence-electron chi connectivity index (χ0n) is 12.6. The Labute approximate surface area is 123 Å². The molecule has 1 atom stereocenters.